The minimum absolute atomic E-state index is 0.926. The second kappa shape index (κ2) is 8.51. The zero-order chi connectivity index (χ0) is 27.9. The van der Waals surface area contributed by atoms with E-state index in [1.165, 1.54) is 43.5 Å². The highest BCUT2D eigenvalue weighted by molar-refractivity contribution is 6.06. The molecule has 0 fully saturated rings. The lowest BCUT2D eigenvalue weighted by Gasteiger charge is -2.04. The van der Waals surface area contributed by atoms with Gasteiger partial charge in [-0.25, -0.2) is 9.97 Å². The summed E-state index contributed by atoms with van der Waals surface area (Å²) in [6.45, 7) is 0. The molecule has 9 aromatic heterocycles. The van der Waals surface area contributed by atoms with E-state index < -0.39 is 0 Å². The standard InChI is InChI=1S/C38H26N4/c1-41-22-31-21-30-14-13-29-17-20-34(42(2)38(29)37(30)41)26-9-7-25(8-10-26)33-19-16-28-12-11-27-15-18-32(39-35(27)36(28)40-33)24-5-3-23(31)4-6-24/h3-22H,1-2H3/q+2. The van der Waals surface area contributed by atoms with Crippen LogP contribution in [0.1, 0.15) is 0 Å². The van der Waals surface area contributed by atoms with Crippen LogP contribution in [-0.2, 0) is 14.1 Å². The molecule has 0 spiro atoms. The van der Waals surface area contributed by atoms with Gasteiger partial charge in [-0.3, -0.25) is 0 Å². The van der Waals surface area contributed by atoms with Gasteiger partial charge in [0.05, 0.1) is 32.8 Å². The molecule has 13 aromatic rings. The second-order valence-electron chi connectivity index (χ2n) is 11.3. The van der Waals surface area contributed by atoms with Crippen LogP contribution in [0.3, 0.4) is 0 Å². The number of benzene rings is 4. The van der Waals surface area contributed by atoms with Crippen molar-refractivity contribution in [3.05, 3.63) is 121 Å². The third-order valence-electron chi connectivity index (χ3n) is 8.84. The average molecular weight is 539 g/mol. The number of pyridine rings is 4. The van der Waals surface area contributed by atoms with Gasteiger partial charge in [0.15, 0.2) is 6.20 Å². The number of rotatable bonds is 0. The third kappa shape index (κ3) is 3.36. The molecule has 4 aromatic carbocycles. The molecule has 196 valence electrons. The Balaban J connectivity index is 1.50. The van der Waals surface area contributed by atoms with Crippen molar-refractivity contribution < 1.29 is 9.13 Å². The van der Waals surface area contributed by atoms with Crippen LogP contribution in [0.5, 0.6) is 0 Å². The van der Waals surface area contributed by atoms with Crippen molar-refractivity contribution in [2.75, 3.05) is 0 Å². The van der Waals surface area contributed by atoms with Crippen molar-refractivity contribution >= 4 is 87.1 Å². The summed E-state index contributed by atoms with van der Waals surface area (Å²) in [6, 6.07) is 41.5. The molecule has 0 saturated carbocycles. The fourth-order valence-electron chi connectivity index (χ4n) is 6.65. The van der Waals surface area contributed by atoms with Gasteiger partial charge >= 0.3 is 0 Å². The maximum absolute atomic E-state index is 5.16. The van der Waals surface area contributed by atoms with Gasteiger partial charge in [0.25, 0.3) is 11.0 Å². The molecule has 0 unspecified atom stereocenters. The molecular weight excluding hydrogens is 512 g/mol. The molecular formula is C38H26N4+2. The second-order valence-corrected chi connectivity index (χ2v) is 11.3. The van der Waals surface area contributed by atoms with E-state index in [1.807, 2.05) is 0 Å². The summed E-state index contributed by atoms with van der Waals surface area (Å²) in [5.74, 6) is 0. The highest BCUT2D eigenvalue weighted by Crippen LogP contribution is 2.28. The zero-order valence-corrected chi connectivity index (χ0v) is 23.3. The van der Waals surface area contributed by atoms with Gasteiger partial charge in [0, 0.05) is 38.4 Å². The Hall–Kier alpha value is -5.48. The lowest BCUT2D eigenvalue weighted by atomic mass is 10.1. The van der Waals surface area contributed by atoms with Crippen molar-refractivity contribution in [2.24, 2.45) is 14.1 Å². The summed E-state index contributed by atoms with van der Waals surface area (Å²) in [6.07, 6.45) is 2.24. The Morgan fingerprint density at radius 3 is 1.52 bits per heavy atom. The van der Waals surface area contributed by atoms with E-state index in [9.17, 15) is 0 Å². The molecule has 4 nitrogen and oxygen atoms in total. The maximum atomic E-state index is 5.16. The van der Waals surface area contributed by atoms with Crippen LogP contribution >= 0.6 is 0 Å². The topological polar surface area (TPSA) is 33.5 Å². The van der Waals surface area contributed by atoms with E-state index in [0.29, 0.717) is 0 Å². The Morgan fingerprint density at radius 2 is 0.881 bits per heavy atom. The Morgan fingerprint density at radius 1 is 0.405 bits per heavy atom. The molecule has 9 heterocycles. The van der Waals surface area contributed by atoms with Crippen LogP contribution in [0.25, 0.3) is 87.1 Å². The summed E-state index contributed by atoms with van der Waals surface area (Å²) < 4.78 is 4.60. The fourth-order valence-corrected chi connectivity index (χ4v) is 6.65. The Labute approximate surface area is 241 Å². The van der Waals surface area contributed by atoms with E-state index in [2.05, 4.69) is 145 Å². The molecule has 0 saturated heterocycles. The minimum atomic E-state index is 0.926. The zero-order valence-electron chi connectivity index (χ0n) is 23.3. The molecule has 0 N–H and O–H groups in total. The third-order valence-corrected chi connectivity index (χ3v) is 8.84. The maximum Gasteiger partial charge on any atom is 0.285 e. The van der Waals surface area contributed by atoms with E-state index >= 15 is 0 Å². The first-order valence-electron chi connectivity index (χ1n) is 14.3. The van der Waals surface area contributed by atoms with Gasteiger partial charge in [-0.1, -0.05) is 60.7 Å². The molecule has 0 aliphatic carbocycles. The summed E-state index contributed by atoms with van der Waals surface area (Å²) in [5, 5.41) is 10.3. The molecule has 0 aliphatic rings. The smallest absolute Gasteiger partial charge is 0.245 e. The van der Waals surface area contributed by atoms with Gasteiger partial charge in [-0.2, -0.15) is 9.13 Å². The van der Waals surface area contributed by atoms with Gasteiger partial charge in [-0.15, -0.1) is 0 Å². The van der Waals surface area contributed by atoms with Crippen molar-refractivity contribution in [3.63, 3.8) is 0 Å². The lowest BCUT2D eigenvalue weighted by molar-refractivity contribution is -0.653. The van der Waals surface area contributed by atoms with Crippen molar-refractivity contribution in [1.82, 2.24) is 9.97 Å². The molecule has 4 heteroatoms. The first-order chi connectivity index (χ1) is 20.6. The van der Waals surface area contributed by atoms with Crippen LogP contribution in [0, 0.1) is 0 Å². The summed E-state index contributed by atoms with van der Waals surface area (Å²) in [7, 11) is 4.32. The van der Waals surface area contributed by atoms with Crippen molar-refractivity contribution in [2.45, 2.75) is 0 Å². The average Bonchev–Trinajstić information content (AvgIpc) is 3.04. The van der Waals surface area contributed by atoms with Crippen molar-refractivity contribution in [3.8, 4) is 0 Å². The first-order valence-corrected chi connectivity index (χ1v) is 14.3. The SMILES string of the molecule is C[n+]1cc2cc3ccc4ccc(c5ccc(cc5)c5ccc6ccc7ccc(nc7c6n5)c5ccc2cc5)[n+](C)c4c31. The van der Waals surface area contributed by atoms with Crippen LogP contribution in [0.15, 0.2) is 121 Å². The Bertz CT molecular complexity index is 2620. The predicted octanol–water partition coefficient (Wildman–Crippen LogP) is 7.91. The molecule has 0 aliphatic heterocycles. The summed E-state index contributed by atoms with van der Waals surface area (Å²) >= 11 is 0. The minimum Gasteiger partial charge on any atom is -0.245 e. The van der Waals surface area contributed by atoms with E-state index in [0.717, 1.165) is 43.6 Å². The van der Waals surface area contributed by atoms with E-state index in [-0.39, 0.29) is 0 Å². The van der Waals surface area contributed by atoms with E-state index in [1.54, 1.807) is 0 Å². The van der Waals surface area contributed by atoms with Crippen LogP contribution < -0.4 is 9.13 Å². The van der Waals surface area contributed by atoms with Crippen LogP contribution in [0.2, 0.25) is 0 Å². The molecule has 0 atom stereocenters. The molecule has 42 heavy (non-hydrogen) atoms. The van der Waals surface area contributed by atoms with Crippen molar-refractivity contribution in [1.29, 1.82) is 0 Å². The van der Waals surface area contributed by atoms with Gasteiger partial charge in [0.1, 0.15) is 14.1 Å². The largest absolute Gasteiger partial charge is 0.285 e. The monoisotopic (exact) mass is 538 g/mol. The number of nitrogens with zero attached hydrogens (tertiary/aromatic N) is 4. The number of hydrogen-bond acceptors (Lipinski definition) is 2. The van der Waals surface area contributed by atoms with Crippen LogP contribution in [0.4, 0.5) is 0 Å². The summed E-state index contributed by atoms with van der Waals surface area (Å²) in [4.78, 5) is 10.3. The fraction of sp³-hybridized carbons (Fsp3) is 0.0526. The number of aromatic nitrogens is 4. The lowest BCUT2D eigenvalue weighted by Crippen LogP contribution is -2.35. The molecule has 13 rings (SSSR count). The quantitative estimate of drug-likeness (QED) is 0.145. The normalized spacial score (nSPS) is 12.0. The highest BCUT2D eigenvalue weighted by atomic mass is 15.0. The Kier molecular flexibility index (Phi) is 4.71. The predicted molar refractivity (Wildman–Crippen MR) is 173 cm³/mol. The van der Waals surface area contributed by atoms with Gasteiger partial charge < -0.3 is 0 Å². The molecule has 13 bridgehead atoms. The number of aryl methyl sites for hydroxylation is 2. The first kappa shape index (κ1) is 23.2. The highest BCUT2D eigenvalue weighted by Gasteiger charge is 2.20. The van der Waals surface area contributed by atoms with Gasteiger partial charge in [0.2, 0.25) is 5.52 Å². The molecule has 0 radical (unpaired) electrons. The molecule has 0 amide bonds. The van der Waals surface area contributed by atoms with Crippen LogP contribution in [-0.4, -0.2) is 9.97 Å². The van der Waals surface area contributed by atoms with E-state index in [4.69, 9.17) is 9.97 Å². The number of hydrogen-bond donors (Lipinski definition) is 0. The summed E-state index contributed by atoms with van der Waals surface area (Å²) in [5.41, 5.74) is 7.35. The van der Waals surface area contributed by atoms with Gasteiger partial charge in [-0.05, 0) is 53.9 Å².